The van der Waals surface area contributed by atoms with E-state index in [9.17, 15) is 9.59 Å². The molecule has 1 aromatic heterocycles. The Balaban J connectivity index is 1.34. The molecule has 0 radical (unpaired) electrons. The molecule has 32 heavy (non-hydrogen) atoms. The van der Waals surface area contributed by atoms with Gasteiger partial charge in [-0.2, -0.15) is 0 Å². The highest BCUT2D eigenvalue weighted by Gasteiger charge is 2.20. The molecule has 4 rings (SSSR count). The smallest absolute Gasteiger partial charge is 0.271 e. The molecular formula is C24H26N4O3S. The van der Waals surface area contributed by atoms with Crippen LogP contribution in [0.1, 0.15) is 26.4 Å². The van der Waals surface area contributed by atoms with Crippen molar-refractivity contribution in [3.05, 3.63) is 70.7 Å². The highest BCUT2D eigenvalue weighted by molar-refractivity contribution is 7.13. The second-order valence-corrected chi connectivity index (χ2v) is 8.57. The van der Waals surface area contributed by atoms with Crippen molar-refractivity contribution >= 4 is 23.2 Å². The van der Waals surface area contributed by atoms with Gasteiger partial charge >= 0.3 is 0 Å². The van der Waals surface area contributed by atoms with Gasteiger partial charge in [0.1, 0.15) is 16.5 Å². The van der Waals surface area contributed by atoms with Crippen LogP contribution in [0.5, 0.6) is 5.75 Å². The van der Waals surface area contributed by atoms with Gasteiger partial charge in [0.2, 0.25) is 0 Å². The van der Waals surface area contributed by atoms with Gasteiger partial charge in [-0.25, -0.2) is 4.98 Å². The fraction of sp³-hybridized carbons (Fsp3) is 0.292. The SMILES string of the molecule is COc1ccccc1-c1nc(C(=O)NCc2ccc(C(=O)N3CCN(C)CC3)cc2)cs1. The molecule has 1 fully saturated rings. The number of para-hydroxylation sites is 1. The molecule has 2 aromatic carbocycles. The number of ether oxygens (including phenoxy) is 1. The minimum absolute atomic E-state index is 0.0556. The van der Waals surface area contributed by atoms with Gasteiger partial charge in [0.25, 0.3) is 11.8 Å². The summed E-state index contributed by atoms with van der Waals surface area (Å²) >= 11 is 1.40. The first-order valence-electron chi connectivity index (χ1n) is 10.5. The molecule has 8 heteroatoms. The minimum atomic E-state index is -0.236. The predicted molar refractivity (Wildman–Crippen MR) is 125 cm³/mol. The number of benzene rings is 2. The third kappa shape index (κ3) is 4.98. The lowest BCUT2D eigenvalue weighted by Crippen LogP contribution is -2.47. The molecule has 166 valence electrons. The Morgan fingerprint density at radius 1 is 1.06 bits per heavy atom. The highest BCUT2D eigenvalue weighted by atomic mass is 32.1. The van der Waals surface area contributed by atoms with E-state index < -0.39 is 0 Å². The maximum atomic E-state index is 12.7. The third-order valence-corrected chi connectivity index (χ3v) is 6.39. The second-order valence-electron chi connectivity index (χ2n) is 7.71. The van der Waals surface area contributed by atoms with Gasteiger partial charge in [-0.15, -0.1) is 11.3 Å². The van der Waals surface area contributed by atoms with Crippen LogP contribution in [-0.4, -0.2) is 66.9 Å². The third-order valence-electron chi connectivity index (χ3n) is 5.52. The number of methoxy groups -OCH3 is 1. The number of carbonyl (C=O) groups excluding carboxylic acids is 2. The van der Waals surface area contributed by atoms with Gasteiger partial charge in [-0.3, -0.25) is 9.59 Å². The standard InChI is InChI=1S/C24H26N4O3S/c1-27-11-13-28(14-12-27)24(30)18-9-7-17(8-10-18)15-25-22(29)20-16-32-23(26-20)19-5-3-4-6-21(19)31-2/h3-10,16H,11-15H2,1-2H3,(H,25,29). The molecule has 1 aliphatic heterocycles. The summed E-state index contributed by atoms with van der Waals surface area (Å²) in [7, 11) is 3.68. The molecular weight excluding hydrogens is 424 g/mol. The summed E-state index contributed by atoms with van der Waals surface area (Å²) in [5.41, 5.74) is 2.83. The van der Waals surface area contributed by atoms with Gasteiger partial charge < -0.3 is 19.9 Å². The zero-order valence-electron chi connectivity index (χ0n) is 18.2. The molecule has 7 nitrogen and oxygen atoms in total. The number of rotatable bonds is 6. The topological polar surface area (TPSA) is 74.8 Å². The quantitative estimate of drug-likeness (QED) is 0.625. The summed E-state index contributed by atoms with van der Waals surface area (Å²) < 4.78 is 5.38. The zero-order valence-corrected chi connectivity index (χ0v) is 19.0. The molecule has 1 aliphatic rings. The zero-order chi connectivity index (χ0) is 22.5. The molecule has 1 N–H and O–H groups in total. The number of hydrogen-bond donors (Lipinski definition) is 1. The van der Waals surface area contributed by atoms with E-state index >= 15 is 0 Å². The Hall–Kier alpha value is -3.23. The molecule has 2 heterocycles. The highest BCUT2D eigenvalue weighted by Crippen LogP contribution is 2.31. The van der Waals surface area contributed by atoms with E-state index in [4.69, 9.17) is 4.74 Å². The van der Waals surface area contributed by atoms with Crippen molar-refractivity contribution in [3.8, 4) is 16.3 Å². The lowest BCUT2D eigenvalue weighted by Gasteiger charge is -2.32. The van der Waals surface area contributed by atoms with Crippen molar-refractivity contribution in [2.24, 2.45) is 0 Å². The van der Waals surface area contributed by atoms with Crippen LogP contribution in [0.4, 0.5) is 0 Å². The number of piperazine rings is 1. The molecule has 0 atom stereocenters. The monoisotopic (exact) mass is 450 g/mol. The average Bonchev–Trinajstić information content (AvgIpc) is 3.33. The number of carbonyl (C=O) groups is 2. The van der Waals surface area contributed by atoms with Crippen LogP contribution < -0.4 is 10.1 Å². The lowest BCUT2D eigenvalue weighted by atomic mass is 10.1. The van der Waals surface area contributed by atoms with E-state index in [1.807, 2.05) is 53.4 Å². The molecule has 2 amide bonds. The Labute approximate surface area is 191 Å². The summed E-state index contributed by atoms with van der Waals surface area (Å²) in [6.07, 6.45) is 0. The second kappa shape index (κ2) is 9.93. The fourth-order valence-electron chi connectivity index (χ4n) is 3.55. The maximum absolute atomic E-state index is 12.7. The number of amides is 2. The summed E-state index contributed by atoms with van der Waals surface area (Å²) in [4.78, 5) is 33.8. The van der Waals surface area contributed by atoms with E-state index in [1.165, 1.54) is 11.3 Å². The number of likely N-dealkylation sites (N-methyl/N-ethyl adjacent to an activating group) is 1. The lowest BCUT2D eigenvalue weighted by molar-refractivity contribution is 0.0664. The van der Waals surface area contributed by atoms with Crippen LogP contribution in [0.15, 0.2) is 53.9 Å². The summed E-state index contributed by atoms with van der Waals surface area (Å²) in [6, 6.07) is 15.0. The van der Waals surface area contributed by atoms with Crippen molar-refractivity contribution < 1.29 is 14.3 Å². The van der Waals surface area contributed by atoms with Gasteiger partial charge in [0.15, 0.2) is 0 Å². The van der Waals surface area contributed by atoms with Crippen molar-refractivity contribution in [2.45, 2.75) is 6.54 Å². The number of nitrogens with zero attached hydrogens (tertiary/aromatic N) is 3. The van der Waals surface area contributed by atoms with Crippen molar-refractivity contribution in [2.75, 3.05) is 40.3 Å². The minimum Gasteiger partial charge on any atom is -0.496 e. The van der Waals surface area contributed by atoms with E-state index in [2.05, 4.69) is 22.2 Å². The Morgan fingerprint density at radius 2 is 1.78 bits per heavy atom. The first-order valence-corrected chi connectivity index (χ1v) is 11.4. The molecule has 0 saturated carbocycles. The molecule has 0 aliphatic carbocycles. The summed E-state index contributed by atoms with van der Waals surface area (Å²) in [5, 5.41) is 5.38. The van der Waals surface area contributed by atoms with E-state index in [-0.39, 0.29) is 11.8 Å². The Bertz CT molecular complexity index is 1090. The molecule has 0 spiro atoms. The van der Waals surface area contributed by atoms with Crippen LogP contribution in [0.3, 0.4) is 0 Å². The van der Waals surface area contributed by atoms with Crippen molar-refractivity contribution in [1.29, 1.82) is 0 Å². The summed E-state index contributed by atoms with van der Waals surface area (Å²) in [5.74, 6) is 0.542. The molecule has 0 unspecified atom stereocenters. The van der Waals surface area contributed by atoms with Gasteiger partial charge in [0, 0.05) is 43.7 Å². The van der Waals surface area contributed by atoms with Crippen molar-refractivity contribution in [3.63, 3.8) is 0 Å². The van der Waals surface area contributed by atoms with E-state index in [1.54, 1.807) is 12.5 Å². The average molecular weight is 451 g/mol. The molecule has 3 aromatic rings. The normalized spacial score (nSPS) is 14.2. The fourth-order valence-corrected chi connectivity index (χ4v) is 4.38. The summed E-state index contributed by atoms with van der Waals surface area (Å²) in [6.45, 7) is 3.65. The predicted octanol–water partition coefficient (Wildman–Crippen LogP) is 3.14. The van der Waals surface area contributed by atoms with E-state index in [0.717, 1.165) is 48.1 Å². The van der Waals surface area contributed by atoms with Crippen LogP contribution in [-0.2, 0) is 6.54 Å². The van der Waals surface area contributed by atoms with Gasteiger partial charge in [-0.05, 0) is 36.9 Å². The Kier molecular flexibility index (Phi) is 6.82. The van der Waals surface area contributed by atoms with Crippen LogP contribution in [0, 0.1) is 0 Å². The van der Waals surface area contributed by atoms with E-state index in [0.29, 0.717) is 17.8 Å². The number of aromatic nitrogens is 1. The van der Waals surface area contributed by atoms with Gasteiger partial charge in [0.05, 0.1) is 12.7 Å². The maximum Gasteiger partial charge on any atom is 0.271 e. The van der Waals surface area contributed by atoms with Crippen LogP contribution in [0.25, 0.3) is 10.6 Å². The Morgan fingerprint density at radius 3 is 2.50 bits per heavy atom. The first kappa shape index (κ1) is 22.0. The number of nitrogens with one attached hydrogen (secondary N) is 1. The van der Waals surface area contributed by atoms with Gasteiger partial charge in [-0.1, -0.05) is 24.3 Å². The molecule has 1 saturated heterocycles. The largest absolute Gasteiger partial charge is 0.496 e. The van der Waals surface area contributed by atoms with Crippen LogP contribution in [0.2, 0.25) is 0 Å². The molecule has 0 bridgehead atoms. The number of hydrogen-bond acceptors (Lipinski definition) is 6. The number of thiazole rings is 1. The van der Waals surface area contributed by atoms with Crippen molar-refractivity contribution in [1.82, 2.24) is 20.1 Å². The van der Waals surface area contributed by atoms with Crippen LogP contribution >= 0.6 is 11.3 Å². The first-order chi connectivity index (χ1) is 15.5.